The first-order valence-electron chi connectivity index (χ1n) is 9.98. The number of thioether (sulfide) groups is 1. The van der Waals surface area contributed by atoms with Crippen molar-refractivity contribution in [1.82, 2.24) is 14.5 Å². The van der Waals surface area contributed by atoms with Crippen LogP contribution in [-0.2, 0) is 11.3 Å². The van der Waals surface area contributed by atoms with Crippen LogP contribution in [0.1, 0.15) is 62.0 Å². The molecule has 0 radical (unpaired) electrons. The van der Waals surface area contributed by atoms with Crippen LogP contribution in [0.3, 0.4) is 0 Å². The van der Waals surface area contributed by atoms with Gasteiger partial charge < -0.3 is 9.47 Å². The lowest BCUT2D eigenvalue weighted by molar-refractivity contribution is -0.129. The van der Waals surface area contributed by atoms with Crippen molar-refractivity contribution >= 4 is 17.7 Å². The molecule has 1 fully saturated rings. The van der Waals surface area contributed by atoms with Gasteiger partial charge in [0.25, 0.3) is 0 Å². The predicted octanol–water partition coefficient (Wildman–Crippen LogP) is 5.14. The van der Waals surface area contributed by atoms with Crippen LogP contribution in [0.2, 0.25) is 0 Å². The Bertz CT molecular complexity index is 765. The van der Waals surface area contributed by atoms with Gasteiger partial charge in [-0.05, 0) is 39.2 Å². The van der Waals surface area contributed by atoms with E-state index in [1.165, 1.54) is 37.8 Å². The van der Waals surface area contributed by atoms with E-state index in [2.05, 4.69) is 30.5 Å². The number of benzene rings is 1. The third-order valence-electron chi connectivity index (χ3n) is 5.56. The molecule has 27 heavy (non-hydrogen) atoms. The second-order valence-corrected chi connectivity index (χ2v) is 8.97. The summed E-state index contributed by atoms with van der Waals surface area (Å²) in [5, 5.41) is 0.855. The maximum absolute atomic E-state index is 12.9. The van der Waals surface area contributed by atoms with Crippen LogP contribution in [0.25, 0.3) is 0 Å². The zero-order valence-corrected chi connectivity index (χ0v) is 17.8. The summed E-state index contributed by atoms with van der Waals surface area (Å²) >= 11 is 1.61. The van der Waals surface area contributed by atoms with E-state index in [-0.39, 0.29) is 11.2 Å². The summed E-state index contributed by atoms with van der Waals surface area (Å²) in [6.45, 7) is 6.88. The zero-order chi connectivity index (χ0) is 19.4. The molecule has 1 aliphatic rings. The Balaban J connectivity index is 1.70. The third kappa shape index (κ3) is 4.75. The van der Waals surface area contributed by atoms with Crippen LogP contribution in [0.5, 0.6) is 0 Å². The molecule has 1 aromatic carbocycles. The summed E-state index contributed by atoms with van der Waals surface area (Å²) in [4.78, 5) is 19.5. The first-order valence-corrected chi connectivity index (χ1v) is 10.9. The monoisotopic (exact) mass is 385 g/mol. The molecule has 146 valence electrons. The van der Waals surface area contributed by atoms with E-state index in [0.29, 0.717) is 12.6 Å². The van der Waals surface area contributed by atoms with Crippen molar-refractivity contribution in [3.05, 3.63) is 47.3 Å². The smallest absolute Gasteiger partial charge is 0.235 e. The Hall–Kier alpha value is -1.75. The first-order chi connectivity index (χ1) is 13.0. The van der Waals surface area contributed by atoms with E-state index < -0.39 is 0 Å². The van der Waals surface area contributed by atoms with Crippen molar-refractivity contribution in [3.8, 4) is 0 Å². The summed E-state index contributed by atoms with van der Waals surface area (Å²) in [5.41, 5.74) is 3.49. The zero-order valence-electron chi connectivity index (χ0n) is 16.9. The fraction of sp³-hybridized carbons (Fsp3) is 0.545. The molecule has 1 heterocycles. The van der Waals surface area contributed by atoms with Gasteiger partial charge in [-0.1, -0.05) is 61.4 Å². The Morgan fingerprint density at radius 2 is 1.89 bits per heavy atom. The number of aryl methyl sites for hydroxylation is 1. The second kappa shape index (κ2) is 8.96. The van der Waals surface area contributed by atoms with Crippen LogP contribution in [0.4, 0.5) is 0 Å². The minimum absolute atomic E-state index is 0.150. The largest absolute Gasteiger partial charge is 0.340 e. The summed E-state index contributed by atoms with van der Waals surface area (Å²) in [6.07, 6.45) is 6.37. The number of amides is 1. The normalized spacial score (nSPS) is 16.3. The number of aromatic nitrogens is 2. The van der Waals surface area contributed by atoms with Crippen molar-refractivity contribution in [3.63, 3.8) is 0 Å². The molecular formula is C22H31N3OS. The van der Waals surface area contributed by atoms with Gasteiger partial charge in [0.2, 0.25) is 5.91 Å². The number of carbonyl (C=O) groups excluding carboxylic acids is 1. The van der Waals surface area contributed by atoms with Gasteiger partial charge in [0.15, 0.2) is 5.16 Å². The summed E-state index contributed by atoms with van der Waals surface area (Å²) in [7, 11) is 1.89. The van der Waals surface area contributed by atoms with Gasteiger partial charge in [-0.15, -0.1) is 0 Å². The van der Waals surface area contributed by atoms with Crippen molar-refractivity contribution in [2.24, 2.45) is 0 Å². The molecule has 0 saturated heterocycles. The van der Waals surface area contributed by atoms with E-state index in [1.54, 1.807) is 11.8 Å². The molecular weight excluding hydrogens is 354 g/mol. The SMILES string of the molecule is Cc1nc(SC(C)C(=O)N(C)Cc2ccccc2)n(C2CCCCC2)c1C. The van der Waals surface area contributed by atoms with Crippen molar-refractivity contribution in [2.45, 2.75) is 75.9 Å². The highest BCUT2D eigenvalue weighted by molar-refractivity contribution is 8.00. The van der Waals surface area contributed by atoms with Gasteiger partial charge in [-0.25, -0.2) is 4.98 Å². The standard InChI is InChI=1S/C22H31N3OS/c1-16-17(2)25(20-13-9-6-10-14-20)22(23-16)27-18(3)21(26)24(4)15-19-11-7-5-8-12-19/h5,7-8,11-12,18,20H,6,9-10,13-15H2,1-4H3. The molecule has 1 saturated carbocycles. The van der Waals surface area contributed by atoms with Crippen LogP contribution in [0, 0.1) is 13.8 Å². The molecule has 0 aliphatic heterocycles. The van der Waals surface area contributed by atoms with Gasteiger partial charge in [0.05, 0.1) is 10.9 Å². The number of hydrogen-bond acceptors (Lipinski definition) is 3. The quantitative estimate of drug-likeness (QED) is 0.646. The molecule has 1 amide bonds. The van der Waals surface area contributed by atoms with E-state index in [9.17, 15) is 4.79 Å². The molecule has 1 unspecified atom stereocenters. The number of carbonyl (C=O) groups is 1. The van der Waals surface area contributed by atoms with Crippen LogP contribution in [0.15, 0.2) is 35.5 Å². The van der Waals surface area contributed by atoms with Gasteiger partial charge in [0.1, 0.15) is 0 Å². The van der Waals surface area contributed by atoms with Gasteiger partial charge in [-0.2, -0.15) is 0 Å². The lowest BCUT2D eigenvalue weighted by Gasteiger charge is -2.27. The van der Waals surface area contributed by atoms with Crippen molar-refractivity contribution < 1.29 is 4.79 Å². The Morgan fingerprint density at radius 1 is 1.22 bits per heavy atom. The molecule has 0 spiro atoms. The summed E-state index contributed by atoms with van der Waals surface area (Å²) < 4.78 is 2.40. The maximum Gasteiger partial charge on any atom is 0.235 e. The molecule has 1 aliphatic carbocycles. The topological polar surface area (TPSA) is 38.1 Å². The number of rotatable bonds is 6. The van der Waals surface area contributed by atoms with E-state index in [1.807, 2.05) is 37.1 Å². The Morgan fingerprint density at radius 3 is 2.56 bits per heavy atom. The van der Waals surface area contributed by atoms with E-state index in [0.717, 1.165) is 16.4 Å². The number of nitrogens with zero attached hydrogens (tertiary/aromatic N) is 3. The minimum atomic E-state index is -0.151. The van der Waals surface area contributed by atoms with Crippen molar-refractivity contribution in [1.29, 1.82) is 0 Å². The van der Waals surface area contributed by atoms with Gasteiger partial charge in [-0.3, -0.25) is 4.79 Å². The molecule has 0 bridgehead atoms. The summed E-state index contributed by atoms with van der Waals surface area (Å²) in [6, 6.07) is 10.7. The minimum Gasteiger partial charge on any atom is -0.340 e. The predicted molar refractivity (Wildman–Crippen MR) is 112 cm³/mol. The Labute approximate surface area is 167 Å². The van der Waals surface area contributed by atoms with Crippen LogP contribution in [-0.4, -0.2) is 32.7 Å². The fourth-order valence-corrected chi connectivity index (χ4v) is 5.09. The second-order valence-electron chi connectivity index (χ2n) is 7.67. The van der Waals surface area contributed by atoms with Gasteiger partial charge in [0, 0.05) is 25.3 Å². The van der Waals surface area contributed by atoms with Crippen molar-refractivity contribution in [2.75, 3.05) is 7.05 Å². The highest BCUT2D eigenvalue weighted by Gasteiger charge is 2.26. The van der Waals surface area contributed by atoms with E-state index in [4.69, 9.17) is 4.98 Å². The average molecular weight is 386 g/mol. The Kier molecular flexibility index (Phi) is 6.64. The lowest BCUT2D eigenvalue weighted by atomic mass is 9.95. The van der Waals surface area contributed by atoms with Crippen LogP contribution < -0.4 is 0 Å². The molecule has 1 atom stereocenters. The molecule has 2 aromatic rings. The average Bonchev–Trinajstić information content (AvgIpc) is 2.96. The number of imidazole rings is 1. The lowest BCUT2D eigenvalue weighted by Crippen LogP contribution is -2.33. The highest BCUT2D eigenvalue weighted by atomic mass is 32.2. The molecule has 3 rings (SSSR count). The highest BCUT2D eigenvalue weighted by Crippen LogP contribution is 2.35. The van der Waals surface area contributed by atoms with Crippen LogP contribution >= 0.6 is 11.8 Å². The molecule has 1 aromatic heterocycles. The first kappa shape index (κ1) is 20.0. The van der Waals surface area contributed by atoms with E-state index >= 15 is 0 Å². The summed E-state index contributed by atoms with van der Waals surface area (Å²) in [5.74, 6) is 0.150. The molecule has 4 nitrogen and oxygen atoms in total. The fourth-order valence-electron chi connectivity index (χ4n) is 3.90. The molecule has 5 heteroatoms. The van der Waals surface area contributed by atoms with Gasteiger partial charge >= 0.3 is 0 Å². The third-order valence-corrected chi connectivity index (χ3v) is 6.62. The molecule has 0 N–H and O–H groups in total. The maximum atomic E-state index is 12.9. The number of hydrogen-bond donors (Lipinski definition) is 0.